The van der Waals surface area contributed by atoms with Gasteiger partial charge in [-0.3, -0.25) is 4.98 Å². The van der Waals surface area contributed by atoms with Crippen molar-refractivity contribution in [1.29, 1.82) is 0 Å². The van der Waals surface area contributed by atoms with E-state index in [2.05, 4.69) is 48.3 Å². The largest absolute Gasteiger partial charge is 0.382 e. The summed E-state index contributed by atoms with van der Waals surface area (Å²) in [5.41, 5.74) is 4.50. The number of nitrogens with zero attached hydrogens (tertiary/aromatic N) is 1. The molecule has 3 fully saturated rings. The first-order valence-electron chi connectivity index (χ1n) is 13.6. The zero-order valence-corrected chi connectivity index (χ0v) is 21.1. The molecule has 1 aromatic heterocycles. The lowest BCUT2D eigenvalue weighted by atomic mass is 9.58. The molecule has 1 saturated heterocycles. The van der Waals surface area contributed by atoms with Crippen molar-refractivity contribution in [2.75, 3.05) is 20.3 Å². The summed E-state index contributed by atoms with van der Waals surface area (Å²) in [6.07, 6.45) is 18.4. The number of ether oxygens (including phenoxy) is 3. The predicted octanol–water partition coefficient (Wildman–Crippen LogP) is 6.51. The number of pyridine rings is 1. The van der Waals surface area contributed by atoms with Crippen LogP contribution >= 0.6 is 0 Å². The molecular weight excluding hydrogens is 434 g/mol. The minimum atomic E-state index is -0.113. The van der Waals surface area contributed by atoms with Gasteiger partial charge in [0.15, 0.2) is 0 Å². The zero-order valence-electron chi connectivity index (χ0n) is 21.1. The summed E-state index contributed by atoms with van der Waals surface area (Å²) in [5.74, 6) is 1.13. The molecule has 2 saturated carbocycles. The molecule has 6 atom stereocenters. The molecule has 0 radical (unpaired) electrons. The van der Waals surface area contributed by atoms with Crippen LogP contribution in [0.4, 0.5) is 0 Å². The van der Waals surface area contributed by atoms with E-state index in [4.69, 9.17) is 14.2 Å². The maximum Gasteiger partial charge on any atom is 0.0974 e. The Morgan fingerprint density at radius 3 is 2.94 bits per heavy atom. The van der Waals surface area contributed by atoms with Crippen molar-refractivity contribution in [3.63, 3.8) is 0 Å². The normalized spacial score (nSPS) is 39.5. The number of hydrogen-bond acceptors (Lipinski definition) is 4. The van der Waals surface area contributed by atoms with Crippen LogP contribution in [0.2, 0.25) is 0 Å². The molecule has 0 N–H and O–H groups in total. The van der Waals surface area contributed by atoms with E-state index in [0.29, 0.717) is 25.0 Å². The van der Waals surface area contributed by atoms with Crippen molar-refractivity contribution in [1.82, 2.24) is 4.98 Å². The number of rotatable bonds is 5. The van der Waals surface area contributed by atoms with E-state index in [-0.39, 0.29) is 22.7 Å². The van der Waals surface area contributed by atoms with Crippen LogP contribution < -0.4 is 0 Å². The van der Waals surface area contributed by atoms with Crippen LogP contribution in [0.1, 0.15) is 69.8 Å². The van der Waals surface area contributed by atoms with Crippen molar-refractivity contribution in [2.24, 2.45) is 11.3 Å². The zero-order chi connectivity index (χ0) is 23.7. The maximum atomic E-state index is 7.39. The van der Waals surface area contributed by atoms with Crippen LogP contribution in [-0.2, 0) is 14.2 Å². The Kier molecular flexibility index (Phi) is 5.07. The molecule has 1 aromatic carbocycles. The standard InChI is InChI=1S/C31H37NO3/c1-29-11-9-25-18-24-5-6-26(34-16-15-33-2)19-30(24)12-13-31(25,35-30)28(29)8-7-27(29)22-4-3-21-10-14-32-20-23(21)17-22/h3-4,9-10,14,17-18,20,26-28H,5-8,11-13,15-16,19H2,1-2H3/t26-,27?,28+,29?,30+,31+/m0/s1. The second kappa shape index (κ2) is 7.99. The van der Waals surface area contributed by atoms with E-state index in [1.54, 1.807) is 7.11 Å². The van der Waals surface area contributed by atoms with Crippen LogP contribution in [-0.4, -0.2) is 42.6 Å². The smallest absolute Gasteiger partial charge is 0.0974 e. The van der Waals surface area contributed by atoms with Crippen LogP contribution in [0.5, 0.6) is 0 Å². The number of hydrogen-bond donors (Lipinski definition) is 0. The van der Waals surface area contributed by atoms with Crippen molar-refractivity contribution < 1.29 is 14.2 Å². The van der Waals surface area contributed by atoms with Gasteiger partial charge in [0.1, 0.15) is 0 Å². The Bertz CT molecular complexity index is 1220. The van der Waals surface area contributed by atoms with E-state index in [9.17, 15) is 0 Å². The highest BCUT2D eigenvalue weighted by atomic mass is 16.5. The summed E-state index contributed by atoms with van der Waals surface area (Å²) in [7, 11) is 1.74. The van der Waals surface area contributed by atoms with Gasteiger partial charge in [0.25, 0.3) is 0 Å². The van der Waals surface area contributed by atoms with Crippen LogP contribution in [0.3, 0.4) is 0 Å². The fraction of sp³-hybridized carbons (Fsp3) is 0.581. The molecule has 7 rings (SSSR count). The first kappa shape index (κ1) is 22.2. The molecule has 184 valence electrons. The molecule has 3 aliphatic carbocycles. The minimum absolute atomic E-state index is 0.113. The number of benzene rings is 1. The molecule has 2 unspecified atom stereocenters. The molecule has 35 heavy (non-hydrogen) atoms. The van der Waals surface area contributed by atoms with Crippen LogP contribution in [0.25, 0.3) is 10.8 Å². The van der Waals surface area contributed by atoms with Gasteiger partial charge in [0.05, 0.1) is 30.5 Å². The summed E-state index contributed by atoms with van der Waals surface area (Å²) in [4.78, 5) is 4.38. The monoisotopic (exact) mass is 471 g/mol. The fourth-order valence-electron chi connectivity index (χ4n) is 8.67. The summed E-state index contributed by atoms with van der Waals surface area (Å²) in [6, 6.07) is 9.17. The Morgan fingerprint density at radius 1 is 1.09 bits per heavy atom. The maximum absolute atomic E-state index is 7.39. The number of fused-ring (bicyclic) bond motifs is 2. The van der Waals surface area contributed by atoms with Gasteiger partial charge in [0, 0.05) is 31.3 Å². The summed E-state index contributed by atoms with van der Waals surface area (Å²) >= 11 is 0. The van der Waals surface area contributed by atoms with Crippen molar-refractivity contribution in [3.05, 3.63) is 65.5 Å². The Labute approximate surface area is 208 Å². The van der Waals surface area contributed by atoms with Gasteiger partial charge in [0.2, 0.25) is 0 Å². The van der Waals surface area contributed by atoms with Gasteiger partial charge in [-0.15, -0.1) is 0 Å². The summed E-state index contributed by atoms with van der Waals surface area (Å²) in [5, 5.41) is 2.53. The van der Waals surface area contributed by atoms with Crippen molar-refractivity contribution >= 4 is 10.8 Å². The van der Waals surface area contributed by atoms with E-state index in [1.807, 2.05) is 12.4 Å². The summed E-state index contributed by atoms with van der Waals surface area (Å²) in [6.45, 7) is 3.89. The topological polar surface area (TPSA) is 40.6 Å². The van der Waals surface area contributed by atoms with Crippen molar-refractivity contribution in [2.45, 2.75) is 81.5 Å². The second-order valence-corrected chi connectivity index (χ2v) is 11.9. The summed E-state index contributed by atoms with van der Waals surface area (Å²) < 4.78 is 18.8. The van der Waals surface area contributed by atoms with E-state index < -0.39 is 0 Å². The first-order valence-corrected chi connectivity index (χ1v) is 13.6. The lowest BCUT2D eigenvalue weighted by molar-refractivity contribution is -0.150. The Hall–Kier alpha value is -2.01. The Balaban J connectivity index is 1.21. The van der Waals surface area contributed by atoms with Gasteiger partial charge >= 0.3 is 0 Å². The van der Waals surface area contributed by atoms with E-state index in [0.717, 1.165) is 38.5 Å². The molecular formula is C31H37NO3. The highest BCUT2D eigenvalue weighted by Crippen LogP contribution is 2.69. The first-order chi connectivity index (χ1) is 17.1. The van der Waals surface area contributed by atoms with E-state index >= 15 is 0 Å². The third-order valence-corrected chi connectivity index (χ3v) is 10.3. The van der Waals surface area contributed by atoms with Gasteiger partial charge in [-0.2, -0.15) is 0 Å². The molecule has 4 heteroatoms. The molecule has 2 aliphatic heterocycles. The fourth-order valence-corrected chi connectivity index (χ4v) is 8.67. The molecule has 2 spiro atoms. The van der Waals surface area contributed by atoms with E-state index in [1.165, 1.54) is 40.3 Å². The second-order valence-electron chi connectivity index (χ2n) is 11.9. The number of allylic oxidation sites excluding steroid dienone is 1. The lowest BCUT2D eigenvalue weighted by Crippen LogP contribution is -2.54. The third-order valence-electron chi connectivity index (χ3n) is 10.3. The van der Waals surface area contributed by atoms with Gasteiger partial charge in [-0.1, -0.05) is 31.2 Å². The minimum Gasteiger partial charge on any atom is -0.382 e. The SMILES string of the molecule is COCCO[C@H]1CCC2=CC3=CCC4(C)C(c5ccc6ccncc6c5)CC[C@H]4[C@@]34CC[C@]2(C1)O4. The third kappa shape index (κ3) is 3.19. The van der Waals surface area contributed by atoms with Crippen LogP contribution in [0.15, 0.2) is 60.0 Å². The molecule has 5 aliphatic rings. The van der Waals surface area contributed by atoms with Crippen molar-refractivity contribution in [3.8, 4) is 0 Å². The molecule has 2 bridgehead atoms. The average Bonchev–Trinajstić information content (AvgIpc) is 3.39. The van der Waals surface area contributed by atoms with Gasteiger partial charge < -0.3 is 14.2 Å². The quantitative estimate of drug-likeness (QED) is 0.466. The number of methoxy groups -OCH3 is 1. The predicted molar refractivity (Wildman–Crippen MR) is 137 cm³/mol. The molecule has 0 amide bonds. The molecule has 4 nitrogen and oxygen atoms in total. The highest BCUT2D eigenvalue weighted by molar-refractivity contribution is 5.82. The van der Waals surface area contributed by atoms with Gasteiger partial charge in [-0.25, -0.2) is 0 Å². The van der Waals surface area contributed by atoms with Gasteiger partial charge in [-0.05, 0) is 96.4 Å². The molecule has 3 heterocycles. The van der Waals surface area contributed by atoms with Crippen LogP contribution in [0, 0.1) is 11.3 Å². The lowest BCUT2D eigenvalue weighted by Gasteiger charge is -2.54. The number of aromatic nitrogens is 1. The molecule has 2 aromatic rings. The highest BCUT2D eigenvalue weighted by Gasteiger charge is 2.66. The average molecular weight is 472 g/mol. The Morgan fingerprint density at radius 2 is 2.03 bits per heavy atom.